The lowest BCUT2D eigenvalue weighted by molar-refractivity contribution is -0.688. The Balaban J connectivity index is 1.68. The van der Waals surface area contributed by atoms with Crippen molar-refractivity contribution in [2.75, 3.05) is 0 Å². The first kappa shape index (κ1) is 22.6. The molecule has 170 valence electrons. The van der Waals surface area contributed by atoms with Crippen molar-refractivity contribution < 1.29 is 35.3 Å². The van der Waals surface area contributed by atoms with E-state index in [0.717, 1.165) is 5.56 Å². The van der Waals surface area contributed by atoms with E-state index in [9.17, 15) is 26.3 Å². The third-order valence-corrected chi connectivity index (χ3v) is 5.00. The molecular formula is C24H17F6N2O+. The van der Waals surface area contributed by atoms with E-state index in [1.165, 1.54) is 0 Å². The summed E-state index contributed by atoms with van der Waals surface area (Å²) in [5, 5.41) is 0. The molecule has 0 fully saturated rings. The van der Waals surface area contributed by atoms with E-state index in [1.54, 1.807) is 19.1 Å². The fourth-order valence-electron chi connectivity index (χ4n) is 3.38. The molecule has 2 heterocycles. The molecule has 0 aliphatic heterocycles. The lowest BCUT2D eigenvalue weighted by Gasteiger charge is -2.13. The van der Waals surface area contributed by atoms with Crippen LogP contribution >= 0.6 is 0 Å². The largest absolute Gasteiger partial charge is 0.441 e. The van der Waals surface area contributed by atoms with Crippen LogP contribution in [0.25, 0.3) is 22.7 Å². The quantitative estimate of drug-likeness (QED) is 0.249. The van der Waals surface area contributed by atoms with E-state index < -0.39 is 29.0 Å². The highest BCUT2D eigenvalue weighted by atomic mass is 19.4. The first-order valence-corrected chi connectivity index (χ1v) is 9.81. The molecule has 4 rings (SSSR count). The maximum atomic E-state index is 13.2. The number of pyridine rings is 1. The van der Waals surface area contributed by atoms with Gasteiger partial charge in [0.25, 0.3) is 0 Å². The number of hydrogen-bond donors (Lipinski definition) is 0. The summed E-state index contributed by atoms with van der Waals surface area (Å²) >= 11 is 0. The Bertz CT molecular complexity index is 1230. The van der Waals surface area contributed by atoms with Gasteiger partial charge < -0.3 is 4.42 Å². The van der Waals surface area contributed by atoms with Crippen LogP contribution in [0, 0.1) is 6.92 Å². The Kier molecular flexibility index (Phi) is 5.73. The van der Waals surface area contributed by atoms with Crippen molar-refractivity contribution in [3.63, 3.8) is 0 Å². The Morgan fingerprint density at radius 2 is 1.36 bits per heavy atom. The fourth-order valence-corrected chi connectivity index (χ4v) is 3.38. The van der Waals surface area contributed by atoms with Crippen molar-refractivity contribution in [3.05, 3.63) is 95.5 Å². The maximum absolute atomic E-state index is 13.2. The molecule has 3 nitrogen and oxygen atoms in total. The molecular weight excluding hydrogens is 446 g/mol. The van der Waals surface area contributed by atoms with Gasteiger partial charge in [-0.05, 0) is 25.1 Å². The molecule has 0 amide bonds. The SMILES string of the molecule is Cc1oc(-c2cc(C(F)(F)F)cc(C(F)(F)F)c2)nc1-c1cc[n+](Cc2ccccc2)cc1. The van der Waals surface area contributed by atoms with E-state index in [2.05, 4.69) is 4.98 Å². The number of aromatic nitrogens is 2. The highest BCUT2D eigenvalue weighted by molar-refractivity contribution is 5.65. The highest BCUT2D eigenvalue weighted by Crippen LogP contribution is 2.39. The molecule has 0 aliphatic rings. The topological polar surface area (TPSA) is 29.9 Å². The summed E-state index contributed by atoms with van der Waals surface area (Å²) in [5.74, 6) is -0.0445. The first-order valence-electron chi connectivity index (χ1n) is 9.81. The monoisotopic (exact) mass is 463 g/mol. The molecule has 0 unspecified atom stereocenters. The van der Waals surface area contributed by atoms with Crippen molar-refractivity contribution in [3.8, 4) is 22.7 Å². The van der Waals surface area contributed by atoms with Crippen LogP contribution in [0.2, 0.25) is 0 Å². The Morgan fingerprint density at radius 1 is 0.788 bits per heavy atom. The van der Waals surface area contributed by atoms with Crippen molar-refractivity contribution >= 4 is 0 Å². The summed E-state index contributed by atoms with van der Waals surface area (Å²) in [4.78, 5) is 4.20. The number of rotatable bonds is 4. The van der Waals surface area contributed by atoms with Crippen LogP contribution in [0.3, 0.4) is 0 Å². The molecule has 33 heavy (non-hydrogen) atoms. The van der Waals surface area contributed by atoms with E-state index in [0.29, 0.717) is 29.9 Å². The van der Waals surface area contributed by atoms with Crippen LogP contribution in [-0.2, 0) is 18.9 Å². The number of oxazole rings is 1. The van der Waals surface area contributed by atoms with Gasteiger partial charge in [-0.25, -0.2) is 9.55 Å². The lowest BCUT2D eigenvalue weighted by Crippen LogP contribution is -2.32. The molecule has 2 aromatic carbocycles. The van der Waals surface area contributed by atoms with Gasteiger partial charge in [-0.1, -0.05) is 30.3 Å². The molecule has 0 spiro atoms. The van der Waals surface area contributed by atoms with E-state index in [1.807, 2.05) is 47.3 Å². The summed E-state index contributed by atoms with van der Waals surface area (Å²) in [6, 6.07) is 14.5. The molecule has 2 aromatic heterocycles. The van der Waals surface area contributed by atoms with Gasteiger partial charge in [0.2, 0.25) is 5.89 Å². The molecule has 0 saturated carbocycles. The molecule has 9 heteroatoms. The van der Waals surface area contributed by atoms with E-state index >= 15 is 0 Å². The Labute approximate surface area is 184 Å². The molecule has 0 atom stereocenters. The molecule has 0 bridgehead atoms. The zero-order valence-corrected chi connectivity index (χ0v) is 17.2. The van der Waals surface area contributed by atoms with Crippen LogP contribution < -0.4 is 4.57 Å². The average molecular weight is 463 g/mol. The van der Waals surface area contributed by atoms with Crippen LogP contribution in [0.4, 0.5) is 26.3 Å². The molecule has 0 radical (unpaired) electrons. The van der Waals surface area contributed by atoms with Gasteiger partial charge in [0.05, 0.1) is 11.1 Å². The second-order valence-electron chi connectivity index (χ2n) is 7.46. The summed E-state index contributed by atoms with van der Waals surface area (Å²) in [5.41, 5.74) is -1.20. The standard InChI is InChI=1S/C24H17F6N2O/c1-15-21(17-7-9-32(10-8-17)14-16-5-3-2-4-6-16)31-22(33-15)18-11-19(23(25,26)27)13-20(12-18)24(28,29)30/h2-13H,14H2,1H3/q+1. The Hall–Kier alpha value is -3.62. The van der Waals surface area contributed by atoms with Gasteiger partial charge in [0.15, 0.2) is 18.9 Å². The fraction of sp³-hybridized carbons (Fsp3) is 0.167. The average Bonchev–Trinajstić information content (AvgIpc) is 3.15. The summed E-state index contributed by atoms with van der Waals surface area (Å²) in [6.07, 6.45) is -6.29. The van der Waals surface area contributed by atoms with E-state index in [4.69, 9.17) is 4.42 Å². The third kappa shape index (κ3) is 5.08. The Morgan fingerprint density at radius 3 is 1.91 bits per heavy atom. The van der Waals surface area contributed by atoms with Crippen LogP contribution in [-0.4, -0.2) is 4.98 Å². The van der Waals surface area contributed by atoms with Crippen molar-refractivity contribution in [2.24, 2.45) is 0 Å². The van der Waals surface area contributed by atoms with Crippen molar-refractivity contribution in [1.29, 1.82) is 0 Å². The van der Waals surface area contributed by atoms with Crippen molar-refractivity contribution in [2.45, 2.75) is 25.8 Å². The van der Waals surface area contributed by atoms with Crippen LogP contribution in [0.1, 0.15) is 22.5 Å². The summed E-state index contributed by atoms with van der Waals surface area (Å²) in [6.45, 7) is 2.18. The summed E-state index contributed by atoms with van der Waals surface area (Å²) in [7, 11) is 0. The number of aryl methyl sites for hydroxylation is 1. The zero-order chi connectivity index (χ0) is 23.8. The number of hydrogen-bond acceptors (Lipinski definition) is 2. The maximum Gasteiger partial charge on any atom is 0.416 e. The van der Waals surface area contributed by atoms with Gasteiger partial charge in [0.1, 0.15) is 11.5 Å². The smallest absolute Gasteiger partial charge is 0.416 e. The molecule has 0 saturated heterocycles. The molecule has 0 N–H and O–H groups in total. The second-order valence-corrected chi connectivity index (χ2v) is 7.46. The number of alkyl halides is 6. The normalized spacial score (nSPS) is 12.2. The van der Waals surface area contributed by atoms with Gasteiger partial charge in [-0.3, -0.25) is 0 Å². The molecule has 0 aliphatic carbocycles. The van der Waals surface area contributed by atoms with Crippen LogP contribution in [0.5, 0.6) is 0 Å². The predicted molar refractivity (Wildman–Crippen MR) is 108 cm³/mol. The summed E-state index contributed by atoms with van der Waals surface area (Å²) < 4.78 is 86.4. The predicted octanol–water partition coefficient (Wildman–Crippen LogP) is 6.69. The number of nitrogens with zero attached hydrogens (tertiary/aromatic N) is 2. The van der Waals surface area contributed by atoms with Crippen LogP contribution in [0.15, 0.2) is 77.5 Å². The van der Waals surface area contributed by atoms with E-state index in [-0.39, 0.29) is 17.7 Å². The molecule has 4 aromatic rings. The third-order valence-electron chi connectivity index (χ3n) is 5.00. The second kappa shape index (κ2) is 8.38. The van der Waals surface area contributed by atoms with Gasteiger partial charge in [-0.2, -0.15) is 26.3 Å². The van der Waals surface area contributed by atoms with Crippen molar-refractivity contribution in [1.82, 2.24) is 4.98 Å². The highest BCUT2D eigenvalue weighted by Gasteiger charge is 2.37. The minimum Gasteiger partial charge on any atom is -0.441 e. The van der Waals surface area contributed by atoms with Gasteiger partial charge >= 0.3 is 12.4 Å². The number of halogens is 6. The zero-order valence-electron chi connectivity index (χ0n) is 17.2. The minimum atomic E-state index is -4.95. The van der Waals surface area contributed by atoms with Gasteiger partial charge in [-0.15, -0.1) is 0 Å². The minimum absolute atomic E-state index is 0.0723. The lowest BCUT2D eigenvalue weighted by atomic mass is 10.0. The number of benzene rings is 2. The van der Waals surface area contributed by atoms with Gasteiger partial charge in [0, 0.05) is 28.8 Å². The first-order chi connectivity index (χ1) is 15.5.